The van der Waals surface area contributed by atoms with Crippen molar-refractivity contribution >= 4 is 5.91 Å². The molecule has 3 heteroatoms. The lowest BCUT2D eigenvalue weighted by Gasteiger charge is -2.31. The Labute approximate surface area is 120 Å². The summed E-state index contributed by atoms with van der Waals surface area (Å²) >= 11 is 0. The Morgan fingerprint density at radius 2 is 2.20 bits per heavy atom. The van der Waals surface area contributed by atoms with Gasteiger partial charge < -0.3 is 10.0 Å². The Bertz CT molecular complexity index is 527. The van der Waals surface area contributed by atoms with Crippen molar-refractivity contribution in [3.05, 3.63) is 35.4 Å². The maximum absolute atomic E-state index is 12.2. The van der Waals surface area contributed by atoms with Crippen molar-refractivity contribution in [3.8, 4) is 11.8 Å². The number of amides is 1. The summed E-state index contributed by atoms with van der Waals surface area (Å²) in [6, 6.07) is 7.92. The fourth-order valence-electron chi connectivity index (χ4n) is 2.49. The molecule has 0 spiro atoms. The molecule has 0 saturated carbocycles. The molecule has 0 aliphatic carbocycles. The van der Waals surface area contributed by atoms with Gasteiger partial charge in [-0.25, -0.2) is 0 Å². The van der Waals surface area contributed by atoms with E-state index in [1.807, 2.05) is 36.1 Å². The van der Waals surface area contributed by atoms with E-state index in [0.29, 0.717) is 13.0 Å². The molecule has 3 nitrogen and oxygen atoms in total. The zero-order chi connectivity index (χ0) is 14.4. The zero-order valence-corrected chi connectivity index (χ0v) is 11.9. The Hall–Kier alpha value is -1.79. The number of benzene rings is 1. The predicted molar refractivity (Wildman–Crippen MR) is 78.8 cm³/mol. The van der Waals surface area contributed by atoms with E-state index in [1.165, 1.54) is 0 Å². The molecule has 1 unspecified atom stereocenters. The Morgan fingerprint density at radius 1 is 1.40 bits per heavy atom. The first kappa shape index (κ1) is 14.6. The minimum absolute atomic E-state index is 0.0806. The number of rotatable bonds is 3. The smallest absolute Gasteiger partial charge is 0.225 e. The minimum atomic E-state index is 0.0806. The van der Waals surface area contributed by atoms with Crippen LogP contribution in [0.15, 0.2) is 24.3 Å². The molecule has 0 aromatic heterocycles. The van der Waals surface area contributed by atoms with Gasteiger partial charge in [0.25, 0.3) is 0 Å². The molecule has 1 amide bonds. The Kier molecular flexibility index (Phi) is 5.20. The first-order valence-corrected chi connectivity index (χ1v) is 7.19. The fraction of sp³-hybridized carbons (Fsp3) is 0.471. The molecular formula is C17H21NO2. The summed E-state index contributed by atoms with van der Waals surface area (Å²) in [6.45, 7) is 3.55. The molecule has 106 valence electrons. The summed E-state index contributed by atoms with van der Waals surface area (Å²) in [5.41, 5.74) is 2.03. The summed E-state index contributed by atoms with van der Waals surface area (Å²) in [5, 5.41) is 8.78. The molecule has 0 radical (unpaired) electrons. The van der Waals surface area contributed by atoms with Gasteiger partial charge in [-0.05, 0) is 24.5 Å². The number of aliphatic hydroxyl groups is 1. The van der Waals surface area contributed by atoms with Crippen LogP contribution < -0.4 is 0 Å². The highest BCUT2D eigenvalue weighted by molar-refractivity contribution is 5.79. The standard InChI is InChI=1S/C17H21NO2/c1-14-7-6-11-18(17(14)20)13-16-10-3-2-8-15(16)9-4-5-12-19/h2-3,8,10,14,19H,5-7,11-13H2,1H3. The lowest BCUT2D eigenvalue weighted by Crippen LogP contribution is -2.39. The van der Waals surface area contributed by atoms with Gasteiger partial charge in [0.05, 0.1) is 6.61 Å². The Morgan fingerprint density at radius 3 is 3.00 bits per heavy atom. The SMILES string of the molecule is CC1CCCN(Cc2ccccc2C#CCCO)C1=O. The molecule has 1 heterocycles. The van der Waals surface area contributed by atoms with Crippen molar-refractivity contribution in [2.24, 2.45) is 5.92 Å². The molecule has 1 aromatic rings. The predicted octanol–water partition coefficient (Wildman–Crippen LogP) is 2.18. The molecule has 1 aromatic carbocycles. The fourth-order valence-corrected chi connectivity index (χ4v) is 2.49. The van der Waals surface area contributed by atoms with Crippen LogP contribution in [-0.4, -0.2) is 29.1 Å². The van der Waals surface area contributed by atoms with E-state index < -0.39 is 0 Å². The second-order valence-electron chi connectivity index (χ2n) is 5.24. The number of hydrogen-bond donors (Lipinski definition) is 1. The van der Waals surface area contributed by atoms with Gasteiger partial charge >= 0.3 is 0 Å². The summed E-state index contributed by atoms with van der Waals surface area (Å²) < 4.78 is 0. The summed E-state index contributed by atoms with van der Waals surface area (Å²) in [4.78, 5) is 14.1. The van der Waals surface area contributed by atoms with Crippen molar-refractivity contribution in [1.29, 1.82) is 0 Å². The normalized spacial score (nSPS) is 18.6. The molecular weight excluding hydrogens is 250 g/mol. The van der Waals surface area contributed by atoms with Gasteiger partial charge in [-0.15, -0.1) is 0 Å². The minimum Gasteiger partial charge on any atom is -0.395 e. The van der Waals surface area contributed by atoms with E-state index >= 15 is 0 Å². The van der Waals surface area contributed by atoms with Gasteiger partial charge in [0.1, 0.15) is 0 Å². The van der Waals surface area contributed by atoms with Gasteiger partial charge in [-0.1, -0.05) is 37.0 Å². The number of piperidine rings is 1. The number of carbonyl (C=O) groups is 1. The summed E-state index contributed by atoms with van der Waals surface area (Å²) in [6.07, 6.45) is 2.55. The van der Waals surface area contributed by atoms with Crippen LogP contribution in [0.1, 0.15) is 37.3 Å². The van der Waals surface area contributed by atoms with Crippen molar-refractivity contribution in [1.82, 2.24) is 4.90 Å². The van der Waals surface area contributed by atoms with Gasteiger partial charge in [-0.3, -0.25) is 4.79 Å². The third-order valence-electron chi connectivity index (χ3n) is 3.64. The van der Waals surface area contributed by atoms with Crippen molar-refractivity contribution in [2.75, 3.05) is 13.2 Å². The number of nitrogens with zero attached hydrogens (tertiary/aromatic N) is 1. The Balaban J connectivity index is 2.13. The number of likely N-dealkylation sites (tertiary alicyclic amines) is 1. The first-order valence-electron chi connectivity index (χ1n) is 7.19. The van der Waals surface area contributed by atoms with Crippen LogP contribution in [0.5, 0.6) is 0 Å². The van der Waals surface area contributed by atoms with E-state index in [2.05, 4.69) is 11.8 Å². The van der Waals surface area contributed by atoms with Crippen LogP contribution in [0.4, 0.5) is 0 Å². The van der Waals surface area contributed by atoms with E-state index in [1.54, 1.807) is 0 Å². The molecule has 0 bridgehead atoms. The average molecular weight is 271 g/mol. The highest BCUT2D eigenvalue weighted by Gasteiger charge is 2.25. The average Bonchev–Trinajstić information content (AvgIpc) is 2.46. The van der Waals surface area contributed by atoms with Crippen LogP contribution in [0.25, 0.3) is 0 Å². The molecule has 1 aliphatic heterocycles. The van der Waals surface area contributed by atoms with E-state index in [-0.39, 0.29) is 18.4 Å². The topological polar surface area (TPSA) is 40.5 Å². The third kappa shape index (κ3) is 3.61. The maximum Gasteiger partial charge on any atom is 0.225 e. The van der Waals surface area contributed by atoms with Crippen LogP contribution >= 0.6 is 0 Å². The van der Waals surface area contributed by atoms with Gasteiger partial charge in [0.15, 0.2) is 0 Å². The molecule has 1 aliphatic rings. The molecule has 1 atom stereocenters. The lowest BCUT2D eigenvalue weighted by molar-refractivity contribution is -0.138. The molecule has 1 saturated heterocycles. The van der Waals surface area contributed by atoms with Crippen molar-refractivity contribution < 1.29 is 9.90 Å². The van der Waals surface area contributed by atoms with E-state index in [0.717, 1.165) is 30.5 Å². The number of aliphatic hydroxyl groups excluding tert-OH is 1. The van der Waals surface area contributed by atoms with Crippen LogP contribution in [0.2, 0.25) is 0 Å². The van der Waals surface area contributed by atoms with E-state index in [4.69, 9.17) is 5.11 Å². The maximum atomic E-state index is 12.2. The quantitative estimate of drug-likeness (QED) is 0.856. The van der Waals surface area contributed by atoms with E-state index in [9.17, 15) is 4.79 Å². The number of carbonyl (C=O) groups excluding carboxylic acids is 1. The zero-order valence-electron chi connectivity index (χ0n) is 11.9. The van der Waals surface area contributed by atoms with Crippen molar-refractivity contribution in [3.63, 3.8) is 0 Å². The van der Waals surface area contributed by atoms with Gasteiger partial charge in [-0.2, -0.15) is 0 Å². The monoisotopic (exact) mass is 271 g/mol. The third-order valence-corrected chi connectivity index (χ3v) is 3.64. The lowest BCUT2D eigenvalue weighted by atomic mass is 9.98. The summed E-state index contributed by atoms with van der Waals surface area (Å²) in [7, 11) is 0. The first-order chi connectivity index (χ1) is 9.72. The van der Waals surface area contributed by atoms with Crippen LogP contribution in [-0.2, 0) is 11.3 Å². The van der Waals surface area contributed by atoms with Crippen LogP contribution in [0, 0.1) is 17.8 Å². The van der Waals surface area contributed by atoms with Gasteiger partial charge in [0.2, 0.25) is 5.91 Å². The highest BCUT2D eigenvalue weighted by atomic mass is 16.2. The summed E-state index contributed by atoms with van der Waals surface area (Å²) in [5.74, 6) is 6.41. The van der Waals surface area contributed by atoms with Crippen LogP contribution in [0.3, 0.4) is 0 Å². The highest BCUT2D eigenvalue weighted by Crippen LogP contribution is 2.20. The molecule has 20 heavy (non-hydrogen) atoms. The molecule has 1 fully saturated rings. The molecule has 1 N–H and O–H groups in total. The largest absolute Gasteiger partial charge is 0.395 e. The second-order valence-corrected chi connectivity index (χ2v) is 5.24. The second kappa shape index (κ2) is 7.12. The van der Waals surface area contributed by atoms with Crippen molar-refractivity contribution in [2.45, 2.75) is 32.7 Å². The molecule has 2 rings (SSSR count). The number of hydrogen-bond acceptors (Lipinski definition) is 2. The van der Waals surface area contributed by atoms with Gasteiger partial charge in [0, 0.05) is 31.0 Å².